The number of carbonyl (C=O) groups is 3. The molecule has 2 aliphatic heterocycles. The minimum absolute atomic E-state index is 0.0290. The van der Waals surface area contributed by atoms with Crippen LogP contribution < -0.4 is 10.2 Å². The number of fused-ring (bicyclic) bond motifs is 1. The molecule has 1 unspecified atom stereocenters. The molecule has 0 saturated carbocycles. The summed E-state index contributed by atoms with van der Waals surface area (Å²) in [5.74, 6) is -1.60. The van der Waals surface area contributed by atoms with E-state index in [0.717, 1.165) is 6.08 Å². The first-order valence-electron chi connectivity index (χ1n) is 10.1. The molecule has 4 rings (SSSR count). The van der Waals surface area contributed by atoms with Crippen LogP contribution in [0.5, 0.6) is 0 Å². The lowest BCUT2D eigenvalue weighted by Crippen LogP contribution is -2.43. The molecule has 10 nitrogen and oxygen atoms in total. The third kappa shape index (κ3) is 4.93. The molecule has 1 atom stereocenters. The largest absolute Gasteiger partial charge is 0.452 e. The average molecular weight is 493 g/mol. The van der Waals surface area contributed by atoms with Gasteiger partial charge in [-0.3, -0.25) is 14.5 Å². The normalized spacial score (nSPS) is 19.4. The summed E-state index contributed by atoms with van der Waals surface area (Å²) in [5, 5.41) is 7.22. The minimum atomic E-state index is -3.11. The zero-order valence-corrected chi connectivity index (χ0v) is 19.2. The van der Waals surface area contributed by atoms with Gasteiger partial charge in [0.15, 0.2) is 16.4 Å². The number of nitrogens with zero attached hydrogens (tertiary/aromatic N) is 3. The summed E-state index contributed by atoms with van der Waals surface area (Å²) in [6, 6.07) is 6.48. The van der Waals surface area contributed by atoms with E-state index in [0.29, 0.717) is 29.1 Å². The Morgan fingerprint density at radius 2 is 2.09 bits per heavy atom. The van der Waals surface area contributed by atoms with Crippen LogP contribution >= 0.6 is 11.6 Å². The maximum absolute atomic E-state index is 12.6. The number of benzene rings is 1. The molecule has 1 fully saturated rings. The first-order chi connectivity index (χ1) is 15.6. The lowest BCUT2D eigenvalue weighted by atomic mass is 10.2. The molecule has 2 aliphatic rings. The molecular weight excluding hydrogens is 472 g/mol. The minimum Gasteiger partial charge on any atom is -0.452 e. The number of para-hydroxylation sites is 2. The standard InChI is InChI=1S/C21H21ClN4O6S/c1-13-15(21(22)26(24-13)14-8-9-33(30,31)12-14)6-7-20(29)32-11-19(28)25-10-18(27)23-16-4-2-3-5-17(16)25/h2-7,14H,8-12H2,1H3,(H,23,27)/b7-6+. The van der Waals surface area contributed by atoms with Crippen LogP contribution in [0.1, 0.15) is 23.7 Å². The van der Waals surface area contributed by atoms with E-state index >= 15 is 0 Å². The van der Waals surface area contributed by atoms with Gasteiger partial charge in [-0.25, -0.2) is 17.9 Å². The Hall–Kier alpha value is -3.18. The van der Waals surface area contributed by atoms with E-state index < -0.39 is 28.3 Å². The zero-order valence-electron chi connectivity index (χ0n) is 17.7. The molecule has 1 N–H and O–H groups in total. The molecule has 0 aliphatic carbocycles. The molecule has 12 heteroatoms. The number of halogens is 1. The number of anilines is 2. The second kappa shape index (κ2) is 8.99. The summed E-state index contributed by atoms with van der Waals surface area (Å²) >= 11 is 6.38. The third-order valence-electron chi connectivity index (χ3n) is 5.42. The zero-order chi connectivity index (χ0) is 23.8. The molecule has 0 radical (unpaired) electrons. The highest BCUT2D eigenvalue weighted by Gasteiger charge is 2.32. The van der Waals surface area contributed by atoms with Gasteiger partial charge in [0.2, 0.25) is 5.91 Å². The van der Waals surface area contributed by atoms with Crippen LogP contribution in [0.15, 0.2) is 30.3 Å². The van der Waals surface area contributed by atoms with Crippen molar-refractivity contribution in [1.29, 1.82) is 0 Å². The number of nitrogens with one attached hydrogen (secondary N) is 1. The fourth-order valence-electron chi connectivity index (χ4n) is 3.80. The maximum Gasteiger partial charge on any atom is 0.331 e. The predicted octanol–water partition coefficient (Wildman–Crippen LogP) is 1.75. The number of aromatic nitrogens is 2. The molecule has 0 spiro atoms. The van der Waals surface area contributed by atoms with Crippen LogP contribution in [0.25, 0.3) is 6.08 Å². The number of ether oxygens (including phenoxy) is 1. The van der Waals surface area contributed by atoms with Gasteiger partial charge >= 0.3 is 5.97 Å². The van der Waals surface area contributed by atoms with Crippen LogP contribution in [0, 0.1) is 6.92 Å². The summed E-state index contributed by atoms with van der Waals surface area (Å²) in [5.41, 5.74) is 2.02. The number of rotatable bonds is 5. The number of esters is 1. The smallest absolute Gasteiger partial charge is 0.331 e. The van der Waals surface area contributed by atoms with Crippen molar-refractivity contribution in [3.8, 4) is 0 Å². The summed E-state index contributed by atoms with van der Waals surface area (Å²) in [7, 11) is -3.11. The predicted molar refractivity (Wildman–Crippen MR) is 122 cm³/mol. The lowest BCUT2D eigenvalue weighted by molar-refractivity contribution is -0.143. The Morgan fingerprint density at radius 1 is 1.33 bits per heavy atom. The number of sulfone groups is 1. The van der Waals surface area contributed by atoms with Crippen LogP contribution in [0.2, 0.25) is 5.15 Å². The monoisotopic (exact) mass is 492 g/mol. The number of hydrogen-bond donors (Lipinski definition) is 1. The van der Waals surface area contributed by atoms with Gasteiger partial charge in [-0.05, 0) is 31.6 Å². The van der Waals surface area contributed by atoms with Crippen LogP contribution in [0.3, 0.4) is 0 Å². The fourth-order valence-corrected chi connectivity index (χ4v) is 5.87. The Balaban J connectivity index is 1.39. The first kappa shape index (κ1) is 23.0. The highest BCUT2D eigenvalue weighted by atomic mass is 35.5. The Morgan fingerprint density at radius 3 is 2.82 bits per heavy atom. The molecule has 1 aromatic carbocycles. The molecule has 174 valence electrons. The van der Waals surface area contributed by atoms with Gasteiger partial charge in [-0.1, -0.05) is 23.7 Å². The molecular formula is C21H21ClN4O6S. The molecule has 2 amide bonds. The number of hydrogen-bond acceptors (Lipinski definition) is 7. The van der Waals surface area contributed by atoms with E-state index in [1.54, 1.807) is 31.2 Å². The second-order valence-electron chi connectivity index (χ2n) is 7.78. The highest BCUT2D eigenvalue weighted by molar-refractivity contribution is 7.91. The van der Waals surface area contributed by atoms with Crippen molar-refractivity contribution in [1.82, 2.24) is 9.78 Å². The lowest BCUT2D eigenvalue weighted by Gasteiger charge is -2.28. The Bertz CT molecular complexity index is 1270. The van der Waals surface area contributed by atoms with Crippen LogP contribution in [-0.4, -0.2) is 60.6 Å². The van der Waals surface area contributed by atoms with Crippen molar-refractivity contribution >= 4 is 56.7 Å². The average Bonchev–Trinajstić information content (AvgIpc) is 3.27. The van der Waals surface area contributed by atoms with E-state index in [1.165, 1.54) is 15.7 Å². The van der Waals surface area contributed by atoms with Gasteiger partial charge in [0.25, 0.3) is 5.91 Å². The molecule has 0 bridgehead atoms. The first-order valence-corrected chi connectivity index (χ1v) is 12.3. The highest BCUT2D eigenvalue weighted by Crippen LogP contribution is 2.31. The van der Waals surface area contributed by atoms with Gasteiger partial charge in [0.05, 0.1) is 34.6 Å². The summed E-state index contributed by atoms with van der Waals surface area (Å²) < 4.78 is 30.0. The van der Waals surface area contributed by atoms with Gasteiger partial charge in [0.1, 0.15) is 11.7 Å². The summed E-state index contributed by atoms with van der Waals surface area (Å²) in [6.07, 6.45) is 2.96. The van der Waals surface area contributed by atoms with Gasteiger partial charge in [0, 0.05) is 11.6 Å². The second-order valence-corrected chi connectivity index (χ2v) is 10.4. The number of carbonyl (C=O) groups excluding carboxylic acids is 3. The molecule has 3 heterocycles. The van der Waals surface area contributed by atoms with Crippen molar-refractivity contribution in [2.45, 2.75) is 19.4 Å². The van der Waals surface area contributed by atoms with Crippen molar-refractivity contribution in [3.05, 3.63) is 46.8 Å². The fraction of sp³-hybridized carbons (Fsp3) is 0.333. The quantitative estimate of drug-likeness (QED) is 0.497. The topological polar surface area (TPSA) is 128 Å². The van der Waals surface area contributed by atoms with Crippen molar-refractivity contribution in [2.75, 3.05) is 34.9 Å². The van der Waals surface area contributed by atoms with Crippen LogP contribution in [-0.2, 0) is 29.0 Å². The van der Waals surface area contributed by atoms with Crippen LogP contribution in [0.4, 0.5) is 11.4 Å². The summed E-state index contributed by atoms with van der Waals surface area (Å²) in [6.45, 7) is 0.976. The van der Waals surface area contributed by atoms with Gasteiger partial charge in [-0.15, -0.1) is 0 Å². The van der Waals surface area contributed by atoms with Crippen molar-refractivity contribution in [2.24, 2.45) is 0 Å². The Kier molecular flexibility index (Phi) is 6.26. The molecule has 33 heavy (non-hydrogen) atoms. The summed E-state index contributed by atoms with van der Waals surface area (Å²) in [4.78, 5) is 37.8. The van der Waals surface area contributed by atoms with E-state index in [1.807, 2.05) is 0 Å². The maximum atomic E-state index is 12.6. The third-order valence-corrected chi connectivity index (χ3v) is 7.55. The molecule has 1 aromatic heterocycles. The van der Waals surface area contributed by atoms with Gasteiger partial charge in [-0.2, -0.15) is 5.10 Å². The number of aryl methyl sites for hydroxylation is 1. The van der Waals surface area contributed by atoms with Gasteiger partial charge < -0.3 is 10.1 Å². The molecule has 1 saturated heterocycles. The Labute approximate surface area is 195 Å². The van der Waals surface area contributed by atoms with E-state index in [9.17, 15) is 22.8 Å². The van der Waals surface area contributed by atoms with E-state index in [4.69, 9.17) is 16.3 Å². The SMILES string of the molecule is Cc1nn(C2CCS(=O)(=O)C2)c(Cl)c1/C=C/C(=O)OCC(=O)N1CC(=O)Nc2ccccc21. The van der Waals surface area contributed by atoms with Crippen molar-refractivity contribution in [3.63, 3.8) is 0 Å². The van der Waals surface area contributed by atoms with E-state index in [-0.39, 0.29) is 35.2 Å². The van der Waals surface area contributed by atoms with E-state index in [2.05, 4.69) is 10.4 Å². The van der Waals surface area contributed by atoms with Crippen molar-refractivity contribution < 1.29 is 27.5 Å². The molecule has 2 aromatic rings. The number of amides is 2.